The van der Waals surface area contributed by atoms with Crippen molar-refractivity contribution in [2.24, 2.45) is 0 Å². The van der Waals surface area contributed by atoms with Crippen molar-refractivity contribution in [1.82, 2.24) is 9.62 Å². The van der Waals surface area contributed by atoms with Crippen LogP contribution >= 0.6 is 0 Å². The second kappa shape index (κ2) is 7.85. The minimum atomic E-state index is -3.63. The van der Waals surface area contributed by atoms with E-state index < -0.39 is 10.0 Å². The van der Waals surface area contributed by atoms with Crippen LogP contribution < -0.4 is 9.62 Å². The van der Waals surface area contributed by atoms with Gasteiger partial charge in [0.15, 0.2) is 0 Å². The Kier molecular flexibility index (Phi) is 5.74. The van der Waals surface area contributed by atoms with E-state index >= 15 is 0 Å². The van der Waals surface area contributed by atoms with Gasteiger partial charge >= 0.3 is 0 Å². The molecule has 1 atom stereocenters. The zero-order valence-corrected chi connectivity index (χ0v) is 15.8. The number of hydrogen-bond donors (Lipinski definition) is 1. The van der Waals surface area contributed by atoms with E-state index in [0.717, 1.165) is 30.8 Å². The number of anilines is 1. The van der Waals surface area contributed by atoms with Gasteiger partial charge in [0.1, 0.15) is 0 Å². The zero-order chi connectivity index (χ0) is 18.7. The number of likely N-dealkylation sites (tertiary alicyclic amines) is 1. The summed E-state index contributed by atoms with van der Waals surface area (Å²) < 4.78 is 27.7. The monoisotopic (exact) mass is 379 g/mol. The highest BCUT2D eigenvalue weighted by Crippen LogP contribution is 2.24. The summed E-state index contributed by atoms with van der Waals surface area (Å²) in [6.07, 6.45) is 3.96. The van der Waals surface area contributed by atoms with Gasteiger partial charge in [0.25, 0.3) is 0 Å². The Hall–Kier alpha value is -1.77. The van der Waals surface area contributed by atoms with Crippen LogP contribution in [0.4, 0.5) is 5.69 Å². The molecule has 0 radical (unpaired) electrons. The molecule has 1 unspecified atom stereocenters. The van der Waals surface area contributed by atoms with Crippen molar-refractivity contribution in [1.29, 1.82) is 0 Å². The minimum Gasteiger partial charge on any atom is -0.299 e. The van der Waals surface area contributed by atoms with Crippen molar-refractivity contribution in [3.8, 4) is 0 Å². The van der Waals surface area contributed by atoms with Crippen LogP contribution in [0.3, 0.4) is 0 Å². The van der Waals surface area contributed by atoms with Crippen LogP contribution in [0.5, 0.6) is 0 Å². The van der Waals surface area contributed by atoms with E-state index in [9.17, 15) is 18.0 Å². The van der Waals surface area contributed by atoms with Gasteiger partial charge in [-0.15, -0.1) is 0 Å². The fourth-order valence-corrected chi connectivity index (χ4v) is 4.56. The van der Waals surface area contributed by atoms with Gasteiger partial charge in [0.05, 0.1) is 10.6 Å². The van der Waals surface area contributed by atoms with Crippen molar-refractivity contribution in [3.05, 3.63) is 24.3 Å². The summed E-state index contributed by atoms with van der Waals surface area (Å²) in [6.45, 7) is 4.40. The van der Waals surface area contributed by atoms with Crippen LogP contribution in [0, 0.1) is 0 Å². The molecule has 8 heteroatoms. The van der Waals surface area contributed by atoms with Crippen LogP contribution in [-0.2, 0) is 19.6 Å². The van der Waals surface area contributed by atoms with Gasteiger partial charge in [0.2, 0.25) is 21.8 Å². The highest BCUT2D eigenvalue weighted by atomic mass is 32.2. The van der Waals surface area contributed by atoms with Gasteiger partial charge in [-0.2, -0.15) is 0 Å². The Labute approximate surface area is 154 Å². The number of piperidine rings is 1. The van der Waals surface area contributed by atoms with Crippen molar-refractivity contribution in [2.75, 3.05) is 24.5 Å². The molecule has 142 valence electrons. The molecule has 7 nitrogen and oxygen atoms in total. The van der Waals surface area contributed by atoms with E-state index in [4.69, 9.17) is 0 Å². The lowest BCUT2D eigenvalue weighted by Crippen LogP contribution is -2.44. The van der Waals surface area contributed by atoms with Gasteiger partial charge in [-0.3, -0.25) is 19.4 Å². The average Bonchev–Trinajstić information content (AvgIpc) is 2.99. The van der Waals surface area contributed by atoms with E-state index in [1.54, 1.807) is 0 Å². The van der Waals surface area contributed by atoms with E-state index in [0.29, 0.717) is 12.2 Å². The van der Waals surface area contributed by atoms with Crippen molar-refractivity contribution < 1.29 is 18.0 Å². The largest absolute Gasteiger partial charge is 0.299 e. The maximum atomic E-state index is 12.5. The SMILES string of the molecule is CC(CNS(=O)(=O)c1ccc(N2C(=O)CCC2=O)cc1)N1CCCCC1. The molecule has 1 N–H and O–H groups in total. The average molecular weight is 379 g/mol. The molecule has 3 rings (SSSR count). The molecule has 1 aromatic rings. The molecule has 0 aromatic heterocycles. The molecule has 2 fully saturated rings. The molecule has 0 aliphatic carbocycles. The first-order valence-electron chi connectivity index (χ1n) is 9.08. The summed E-state index contributed by atoms with van der Waals surface area (Å²) in [5.74, 6) is -0.502. The standard InChI is InChI=1S/C18H25N3O4S/c1-14(20-11-3-2-4-12-20)13-19-26(24,25)16-7-5-15(6-8-16)21-17(22)9-10-18(21)23/h5-8,14,19H,2-4,9-13H2,1H3. The molecule has 2 saturated heterocycles. The van der Waals surface area contributed by atoms with Gasteiger partial charge in [0, 0.05) is 25.4 Å². The Morgan fingerprint density at radius 2 is 1.58 bits per heavy atom. The third-order valence-corrected chi connectivity index (χ3v) is 6.48. The number of benzene rings is 1. The Bertz CT molecular complexity index is 754. The lowest BCUT2D eigenvalue weighted by atomic mass is 10.1. The third kappa shape index (κ3) is 4.13. The number of imide groups is 1. The number of nitrogens with zero attached hydrogens (tertiary/aromatic N) is 2. The molecular weight excluding hydrogens is 354 g/mol. The Morgan fingerprint density at radius 1 is 1.00 bits per heavy atom. The fraction of sp³-hybridized carbons (Fsp3) is 0.556. The van der Waals surface area contributed by atoms with Crippen LogP contribution in [0.25, 0.3) is 0 Å². The van der Waals surface area contributed by atoms with Crippen LogP contribution in [0.15, 0.2) is 29.2 Å². The van der Waals surface area contributed by atoms with E-state index in [1.807, 2.05) is 6.92 Å². The lowest BCUT2D eigenvalue weighted by Gasteiger charge is -2.32. The van der Waals surface area contributed by atoms with E-state index in [2.05, 4.69) is 9.62 Å². The van der Waals surface area contributed by atoms with Gasteiger partial charge in [-0.05, 0) is 57.1 Å². The summed E-state index contributed by atoms with van der Waals surface area (Å²) in [7, 11) is -3.63. The predicted molar refractivity (Wildman–Crippen MR) is 98.2 cm³/mol. The molecule has 2 heterocycles. The molecule has 26 heavy (non-hydrogen) atoms. The van der Waals surface area contributed by atoms with Gasteiger partial charge in [-0.1, -0.05) is 6.42 Å². The molecular formula is C18H25N3O4S. The van der Waals surface area contributed by atoms with E-state index in [1.165, 1.54) is 30.7 Å². The number of rotatable bonds is 6. The first kappa shape index (κ1) is 19.0. The number of carbonyl (C=O) groups excluding carboxylic acids is 2. The highest BCUT2D eigenvalue weighted by molar-refractivity contribution is 7.89. The Morgan fingerprint density at radius 3 is 2.15 bits per heavy atom. The van der Waals surface area contributed by atoms with Gasteiger partial charge < -0.3 is 0 Å². The summed E-state index contributed by atoms with van der Waals surface area (Å²) >= 11 is 0. The third-order valence-electron chi connectivity index (χ3n) is 5.04. The van der Waals surface area contributed by atoms with Gasteiger partial charge in [-0.25, -0.2) is 13.1 Å². The summed E-state index contributed by atoms with van der Waals surface area (Å²) in [5, 5.41) is 0. The summed E-state index contributed by atoms with van der Waals surface area (Å²) in [4.78, 5) is 27.1. The van der Waals surface area contributed by atoms with Crippen LogP contribution in [-0.4, -0.2) is 50.8 Å². The second-order valence-electron chi connectivity index (χ2n) is 6.91. The van der Waals surface area contributed by atoms with Crippen molar-refractivity contribution in [2.45, 2.75) is 50.0 Å². The number of sulfonamides is 1. The summed E-state index contributed by atoms with van der Waals surface area (Å²) in [6, 6.07) is 6.02. The highest BCUT2D eigenvalue weighted by Gasteiger charge is 2.30. The number of hydrogen-bond acceptors (Lipinski definition) is 5. The predicted octanol–water partition coefficient (Wildman–Crippen LogP) is 1.49. The Balaban J connectivity index is 1.63. The summed E-state index contributed by atoms with van der Waals surface area (Å²) in [5.41, 5.74) is 0.415. The van der Waals surface area contributed by atoms with E-state index in [-0.39, 0.29) is 35.6 Å². The molecule has 0 bridgehead atoms. The molecule has 1 aromatic carbocycles. The zero-order valence-electron chi connectivity index (χ0n) is 15.0. The van der Waals surface area contributed by atoms with Crippen molar-refractivity contribution in [3.63, 3.8) is 0 Å². The topological polar surface area (TPSA) is 86.8 Å². The molecule has 0 saturated carbocycles. The molecule has 2 aliphatic heterocycles. The second-order valence-corrected chi connectivity index (χ2v) is 8.68. The van der Waals surface area contributed by atoms with Crippen LogP contribution in [0.2, 0.25) is 0 Å². The first-order chi connectivity index (χ1) is 12.4. The maximum Gasteiger partial charge on any atom is 0.240 e. The quantitative estimate of drug-likeness (QED) is 0.757. The maximum absolute atomic E-state index is 12.5. The minimum absolute atomic E-state index is 0.131. The lowest BCUT2D eigenvalue weighted by molar-refractivity contribution is -0.121. The first-order valence-corrected chi connectivity index (χ1v) is 10.6. The number of carbonyl (C=O) groups is 2. The number of nitrogens with one attached hydrogen (secondary N) is 1. The fourth-order valence-electron chi connectivity index (χ4n) is 3.44. The number of amides is 2. The molecule has 0 spiro atoms. The van der Waals surface area contributed by atoms with Crippen molar-refractivity contribution >= 4 is 27.5 Å². The molecule has 2 amide bonds. The molecule has 2 aliphatic rings. The smallest absolute Gasteiger partial charge is 0.240 e. The normalized spacial score (nSPS) is 20.6. The van der Waals surface area contributed by atoms with Crippen LogP contribution in [0.1, 0.15) is 39.0 Å².